The Morgan fingerprint density at radius 3 is 2.52 bits per heavy atom. The number of benzene rings is 1. The number of anilines is 1. The standard InChI is InChI=1S/C14H14F3N3O4S/c1-8-13(9(2)24-20-8)25(22,23)18-7-12(21)19-11-5-3-4-10(6-11)14(15,16)17/h3-6,18H,7H2,1-2H3,(H,19,21). The lowest BCUT2D eigenvalue weighted by molar-refractivity contribution is -0.137. The molecule has 0 unspecified atom stereocenters. The van der Waals surface area contributed by atoms with Crippen LogP contribution in [-0.2, 0) is 21.0 Å². The van der Waals surface area contributed by atoms with Gasteiger partial charge in [-0.25, -0.2) is 13.1 Å². The first-order valence-electron chi connectivity index (χ1n) is 6.90. The monoisotopic (exact) mass is 377 g/mol. The fourth-order valence-electron chi connectivity index (χ4n) is 2.07. The molecular formula is C14H14F3N3O4S. The highest BCUT2D eigenvalue weighted by Gasteiger charge is 2.30. The van der Waals surface area contributed by atoms with Crippen LogP contribution in [0.4, 0.5) is 18.9 Å². The van der Waals surface area contributed by atoms with E-state index in [-0.39, 0.29) is 22.0 Å². The maximum absolute atomic E-state index is 12.6. The van der Waals surface area contributed by atoms with E-state index in [0.717, 1.165) is 18.2 Å². The third-order valence-corrected chi connectivity index (χ3v) is 4.78. The van der Waals surface area contributed by atoms with Gasteiger partial charge in [-0.1, -0.05) is 11.2 Å². The van der Waals surface area contributed by atoms with E-state index in [0.29, 0.717) is 0 Å². The number of amides is 1. The van der Waals surface area contributed by atoms with Gasteiger partial charge in [-0.2, -0.15) is 13.2 Å². The van der Waals surface area contributed by atoms with Crippen molar-refractivity contribution in [3.05, 3.63) is 41.3 Å². The summed E-state index contributed by atoms with van der Waals surface area (Å²) in [4.78, 5) is 11.6. The second-order valence-electron chi connectivity index (χ2n) is 5.10. The van der Waals surface area contributed by atoms with Crippen LogP contribution in [0.1, 0.15) is 17.0 Å². The first-order chi connectivity index (χ1) is 11.5. The first kappa shape index (κ1) is 18.9. The van der Waals surface area contributed by atoms with Crippen molar-refractivity contribution in [2.75, 3.05) is 11.9 Å². The highest BCUT2D eigenvalue weighted by atomic mass is 32.2. The Morgan fingerprint density at radius 2 is 1.96 bits per heavy atom. The number of nitrogens with one attached hydrogen (secondary N) is 2. The number of aromatic nitrogens is 1. The van der Waals surface area contributed by atoms with Crippen molar-refractivity contribution in [3.63, 3.8) is 0 Å². The summed E-state index contributed by atoms with van der Waals surface area (Å²) in [5.74, 6) is -0.766. The predicted molar refractivity (Wildman–Crippen MR) is 81.2 cm³/mol. The number of hydrogen-bond donors (Lipinski definition) is 2. The van der Waals surface area contributed by atoms with Crippen LogP contribution < -0.4 is 10.0 Å². The van der Waals surface area contributed by atoms with Gasteiger partial charge in [0.15, 0.2) is 5.76 Å². The minimum atomic E-state index is -4.55. The maximum atomic E-state index is 12.6. The third-order valence-electron chi connectivity index (χ3n) is 3.13. The number of rotatable bonds is 5. The van der Waals surface area contributed by atoms with Gasteiger partial charge in [0, 0.05) is 5.69 Å². The molecular weight excluding hydrogens is 363 g/mol. The molecule has 0 radical (unpaired) electrons. The Labute approximate surface area is 141 Å². The molecule has 0 saturated heterocycles. The smallest absolute Gasteiger partial charge is 0.360 e. The fraction of sp³-hybridized carbons (Fsp3) is 0.286. The van der Waals surface area contributed by atoms with Crippen LogP contribution in [0.15, 0.2) is 33.7 Å². The lowest BCUT2D eigenvalue weighted by Gasteiger charge is -2.10. The summed E-state index contributed by atoms with van der Waals surface area (Å²) in [6.45, 7) is 2.16. The molecule has 0 aliphatic rings. The molecule has 0 bridgehead atoms. The number of hydrogen-bond acceptors (Lipinski definition) is 5. The molecule has 2 aromatic rings. The van der Waals surface area contributed by atoms with Crippen molar-refractivity contribution >= 4 is 21.6 Å². The molecule has 1 aromatic carbocycles. The van der Waals surface area contributed by atoms with E-state index in [1.54, 1.807) is 0 Å². The van der Waals surface area contributed by atoms with Crippen LogP contribution in [0.3, 0.4) is 0 Å². The van der Waals surface area contributed by atoms with Gasteiger partial charge in [-0.15, -0.1) is 0 Å². The summed E-state index contributed by atoms with van der Waals surface area (Å²) in [6, 6.07) is 4.00. The summed E-state index contributed by atoms with van der Waals surface area (Å²) in [7, 11) is -4.04. The number of aryl methyl sites for hydroxylation is 2. The Balaban J connectivity index is 2.04. The molecule has 1 heterocycles. The fourth-order valence-corrected chi connectivity index (χ4v) is 3.38. The second kappa shape index (κ2) is 6.84. The van der Waals surface area contributed by atoms with Crippen molar-refractivity contribution in [1.82, 2.24) is 9.88 Å². The maximum Gasteiger partial charge on any atom is 0.416 e. The normalized spacial score (nSPS) is 12.2. The summed E-state index contributed by atoms with van der Waals surface area (Å²) in [6.07, 6.45) is -4.55. The quantitative estimate of drug-likeness (QED) is 0.832. The summed E-state index contributed by atoms with van der Waals surface area (Å²) in [5.41, 5.74) is -0.902. The highest BCUT2D eigenvalue weighted by Crippen LogP contribution is 2.30. The highest BCUT2D eigenvalue weighted by molar-refractivity contribution is 7.89. The van der Waals surface area contributed by atoms with E-state index < -0.39 is 34.2 Å². The zero-order chi connectivity index (χ0) is 18.8. The summed E-state index contributed by atoms with van der Waals surface area (Å²) >= 11 is 0. The topological polar surface area (TPSA) is 101 Å². The number of nitrogens with zero attached hydrogens (tertiary/aromatic N) is 1. The predicted octanol–water partition coefficient (Wildman–Crippen LogP) is 2.23. The zero-order valence-corrected chi connectivity index (χ0v) is 14.0. The molecule has 0 fully saturated rings. The van der Waals surface area contributed by atoms with Crippen LogP contribution >= 0.6 is 0 Å². The van der Waals surface area contributed by atoms with Crippen molar-refractivity contribution in [2.45, 2.75) is 24.9 Å². The third kappa shape index (κ3) is 4.57. The minimum absolute atomic E-state index is 0.0586. The van der Waals surface area contributed by atoms with Crippen LogP contribution in [0.25, 0.3) is 0 Å². The van der Waals surface area contributed by atoms with Crippen LogP contribution in [0.2, 0.25) is 0 Å². The number of carbonyl (C=O) groups is 1. The number of sulfonamides is 1. The molecule has 0 spiro atoms. The molecule has 136 valence electrons. The van der Waals surface area contributed by atoms with Crippen molar-refractivity contribution in [1.29, 1.82) is 0 Å². The van der Waals surface area contributed by atoms with Crippen molar-refractivity contribution in [3.8, 4) is 0 Å². The number of carbonyl (C=O) groups excluding carboxylic acids is 1. The van der Waals surface area contributed by atoms with E-state index in [2.05, 4.69) is 10.5 Å². The largest absolute Gasteiger partial charge is 0.416 e. The van der Waals surface area contributed by atoms with Gasteiger partial charge in [0.1, 0.15) is 10.6 Å². The molecule has 0 aliphatic heterocycles. The van der Waals surface area contributed by atoms with Gasteiger partial charge in [-0.05, 0) is 32.0 Å². The van der Waals surface area contributed by atoms with E-state index in [1.807, 2.05) is 4.72 Å². The van der Waals surface area contributed by atoms with Crippen LogP contribution in [-0.4, -0.2) is 26.0 Å². The van der Waals surface area contributed by atoms with Gasteiger partial charge in [0.05, 0.1) is 12.1 Å². The SMILES string of the molecule is Cc1noc(C)c1S(=O)(=O)NCC(=O)Nc1cccc(C(F)(F)F)c1. The molecule has 11 heteroatoms. The van der Waals surface area contributed by atoms with E-state index in [9.17, 15) is 26.4 Å². The van der Waals surface area contributed by atoms with Gasteiger partial charge >= 0.3 is 6.18 Å². The molecule has 0 aliphatic carbocycles. The van der Waals surface area contributed by atoms with Crippen molar-refractivity contribution in [2.24, 2.45) is 0 Å². The number of alkyl halides is 3. The molecule has 1 aromatic heterocycles. The molecule has 1 amide bonds. The molecule has 25 heavy (non-hydrogen) atoms. The Kier molecular flexibility index (Phi) is 5.18. The van der Waals surface area contributed by atoms with Crippen LogP contribution in [0, 0.1) is 13.8 Å². The molecule has 2 N–H and O–H groups in total. The minimum Gasteiger partial charge on any atom is -0.360 e. The van der Waals surface area contributed by atoms with Gasteiger partial charge in [-0.3, -0.25) is 4.79 Å². The first-order valence-corrected chi connectivity index (χ1v) is 8.38. The van der Waals surface area contributed by atoms with Crippen LogP contribution in [0.5, 0.6) is 0 Å². The summed E-state index contributed by atoms with van der Waals surface area (Å²) in [5, 5.41) is 5.71. The molecule has 2 rings (SSSR count). The molecule has 0 saturated carbocycles. The van der Waals surface area contributed by atoms with Gasteiger partial charge in [0.25, 0.3) is 0 Å². The average molecular weight is 377 g/mol. The lowest BCUT2D eigenvalue weighted by atomic mass is 10.2. The van der Waals surface area contributed by atoms with E-state index in [4.69, 9.17) is 4.52 Å². The Hall–Kier alpha value is -2.40. The van der Waals surface area contributed by atoms with Gasteiger partial charge in [0.2, 0.25) is 15.9 Å². The van der Waals surface area contributed by atoms with E-state index in [1.165, 1.54) is 19.9 Å². The zero-order valence-electron chi connectivity index (χ0n) is 13.1. The summed E-state index contributed by atoms with van der Waals surface area (Å²) < 4.78 is 68.9. The second-order valence-corrected chi connectivity index (χ2v) is 6.81. The molecule has 0 atom stereocenters. The van der Waals surface area contributed by atoms with Gasteiger partial charge < -0.3 is 9.84 Å². The van der Waals surface area contributed by atoms with E-state index >= 15 is 0 Å². The number of halogens is 3. The Morgan fingerprint density at radius 1 is 1.28 bits per heavy atom. The van der Waals surface area contributed by atoms with Crippen molar-refractivity contribution < 1.29 is 30.9 Å². The average Bonchev–Trinajstić information content (AvgIpc) is 2.84. The lowest BCUT2D eigenvalue weighted by Crippen LogP contribution is -2.33. The molecule has 7 nitrogen and oxygen atoms in total. The Bertz CT molecular complexity index is 871.